The molecule has 5 heteroatoms. The Morgan fingerprint density at radius 3 is 2.22 bits per heavy atom. The molecule has 1 aliphatic rings. The molecule has 0 fully saturated rings. The number of hydrogen-bond donors (Lipinski definition) is 2. The topological polar surface area (TPSA) is 86.0 Å². The molecule has 1 aromatic rings. The Kier molecular flexibility index (Phi) is 7.65. The summed E-state index contributed by atoms with van der Waals surface area (Å²) < 4.78 is 5.89. The molecule has 0 bridgehead atoms. The van der Waals surface area contributed by atoms with Crippen LogP contribution in [0.15, 0.2) is 46.4 Å². The van der Waals surface area contributed by atoms with Gasteiger partial charge >= 0.3 is 0 Å². The van der Waals surface area contributed by atoms with Gasteiger partial charge in [0.1, 0.15) is 5.75 Å². The predicted molar refractivity (Wildman–Crippen MR) is 117 cm³/mol. The Bertz CT molecular complexity index is 742. The molecule has 1 atom stereocenters. The number of anilines is 2. The van der Waals surface area contributed by atoms with Gasteiger partial charge in [-0.3, -0.25) is 4.99 Å². The first-order valence-electron chi connectivity index (χ1n) is 9.73. The average molecular weight is 369 g/mol. The van der Waals surface area contributed by atoms with Crippen molar-refractivity contribution in [2.45, 2.75) is 53.0 Å². The summed E-state index contributed by atoms with van der Waals surface area (Å²) in [6.07, 6.45) is 11.2. The highest BCUT2D eigenvalue weighted by atomic mass is 16.5. The van der Waals surface area contributed by atoms with Crippen molar-refractivity contribution >= 4 is 28.5 Å². The third kappa shape index (κ3) is 6.59. The Hall–Kier alpha value is -2.56. The number of hydrogen-bond acceptors (Lipinski definition) is 5. The van der Waals surface area contributed by atoms with Gasteiger partial charge in [0.05, 0.1) is 35.1 Å². The number of allylic oxidation sites excluding steroid dienone is 4. The van der Waals surface area contributed by atoms with E-state index in [1.165, 1.54) is 12.8 Å². The molecule has 0 heterocycles. The third-order valence-electron chi connectivity index (χ3n) is 4.32. The van der Waals surface area contributed by atoms with Crippen LogP contribution in [0.2, 0.25) is 0 Å². The molecule has 0 amide bonds. The van der Waals surface area contributed by atoms with Crippen LogP contribution in [0.5, 0.6) is 5.75 Å². The van der Waals surface area contributed by atoms with Crippen LogP contribution in [-0.4, -0.2) is 24.1 Å². The maximum Gasteiger partial charge on any atom is 0.144 e. The van der Waals surface area contributed by atoms with Crippen molar-refractivity contribution in [1.82, 2.24) is 0 Å². The van der Waals surface area contributed by atoms with Crippen LogP contribution in [0.3, 0.4) is 0 Å². The summed E-state index contributed by atoms with van der Waals surface area (Å²) >= 11 is 0. The van der Waals surface area contributed by atoms with Crippen LogP contribution >= 0.6 is 0 Å². The minimum atomic E-state index is 0.264. The van der Waals surface area contributed by atoms with Gasteiger partial charge in [0.15, 0.2) is 0 Å². The van der Waals surface area contributed by atoms with E-state index in [2.05, 4.69) is 37.7 Å². The van der Waals surface area contributed by atoms with E-state index in [0.717, 1.165) is 17.8 Å². The molecule has 0 spiro atoms. The Balaban J connectivity index is 2.11. The zero-order valence-electron chi connectivity index (χ0n) is 16.9. The van der Waals surface area contributed by atoms with Gasteiger partial charge in [-0.15, -0.1) is 0 Å². The lowest BCUT2D eigenvalue weighted by atomic mass is 10.0. The first-order chi connectivity index (χ1) is 12.9. The molecule has 0 saturated heterocycles. The van der Waals surface area contributed by atoms with E-state index in [1.807, 2.05) is 30.4 Å². The fraction of sp³-hybridized carbons (Fsp3) is 0.455. The molecule has 0 saturated carbocycles. The number of nitrogen functional groups attached to an aromatic ring is 2. The van der Waals surface area contributed by atoms with Crippen molar-refractivity contribution < 1.29 is 4.74 Å². The standard InChI is InChI=1S/C22H32N4O/c1-5-6-16(4)11-12-27-22-14-21(19(23)13-20(22)24)26-18-9-7-17(8-10-18)25-15(2)3/h7-10,13-16H,5-6,11-12,23-24H2,1-4H3. The molecule has 146 valence electrons. The number of ether oxygens (including phenoxy) is 1. The fourth-order valence-electron chi connectivity index (χ4n) is 2.88. The van der Waals surface area contributed by atoms with Gasteiger partial charge in [0.2, 0.25) is 0 Å². The quantitative estimate of drug-likeness (QED) is 0.494. The second kappa shape index (κ2) is 9.95. The second-order valence-electron chi connectivity index (χ2n) is 7.33. The molecule has 1 unspecified atom stereocenters. The monoisotopic (exact) mass is 368 g/mol. The molecular formula is C22H32N4O. The molecule has 4 N–H and O–H groups in total. The predicted octanol–water partition coefficient (Wildman–Crippen LogP) is 5.10. The number of benzene rings is 1. The highest BCUT2D eigenvalue weighted by molar-refractivity contribution is 6.19. The molecule has 1 aliphatic carbocycles. The number of nitrogens with zero attached hydrogens (tertiary/aromatic N) is 2. The zero-order valence-corrected chi connectivity index (χ0v) is 16.9. The minimum Gasteiger partial charge on any atom is -0.491 e. The van der Waals surface area contributed by atoms with Crippen LogP contribution in [0.4, 0.5) is 17.1 Å². The van der Waals surface area contributed by atoms with E-state index in [-0.39, 0.29) is 6.04 Å². The smallest absolute Gasteiger partial charge is 0.144 e. The maximum atomic E-state index is 6.10. The van der Waals surface area contributed by atoms with Crippen molar-refractivity contribution in [2.24, 2.45) is 15.9 Å². The van der Waals surface area contributed by atoms with Crippen molar-refractivity contribution in [3.8, 4) is 5.75 Å². The third-order valence-corrected chi connectivity index (χ3v) is 4.32. The molecule has 1 aromatic carbocycles. The first kappa shape index (κ1) is 20.7. The van der Waals surface area contributed by atoms with Gasteiger partial charge in [-0.05, 0) is 56.6 Å². The highest BCUT2D eigenvalue weighted by Crippen LogP contribution is 2.34. The van der Waals surface area contributed by atoms with Gasteiger partial charge in [0.25, 0.3) is 0 Å². The minimum absolute atomic E-state index is 0.264. The largest absolute Gasteiger partial charge is 0.491 e. The summed E-state index contributed by atoms with van der Waals surface area (Å²) in [4.78, 5) is 9.14. The average Bonchev–Trinajstić information content (AvgIpc) is 2.60. The van der Waals surface area contributed by atoms with Gasteiger partial charge < -0.3 is 16.2 Å². The van der Waals surface area contributed by atoms with E-state index in [0.29, 0.717) is 35.3 Å². The van der Waals surface area contributed by atoms with E-state index in [1.54, 1.807) is 6.07 Å². The van der Waals surface area contributed by atoms with Gasteiger partial charge in [0, 0.05) is 12.1 Å². The number of aliphatic imine (C=N–C) groups is 2. The second-order valence-corrected chi connectivity index (χ2v) is 7.33. The molecule has 0 radical (unpaired) electrons. The summed E-state index contributed by atoms with van der Waals surface area (Å²) in [5, 5.41) is 0. The van der Waals surface area contributed by atoms with Crippen LogP contribution < -0.4 is 16.2 Å². The van der Waals surface area contributed by atoms with E-state index < -0.39 is 0 Å². The van der Waals surface area contributed by atoms with Crippen molar-refractivity contribution in [2.75, 3.05) is 18.1 Å². The van der Waals surface area contributed by atoms with E-state index >= 15 is 0 Å². The van der Waals surface area contributed by atoms with Crippen molar-refractivity contribution in [3.63, 3.8) is 0 Å². The van der Waals surface area contributed by atoms with Crippen molar-refractivity contribution in [1.29, 1.82) is 0 Å². The summed E-state index contributed by atoms with van der Waals surface area (Å²) in [6.45, 7) is 9.19. The normalized spacial score (nSPS) is 14.6. The summed E-state index contributed by atoms with van der Waals surface area (Å²) in [5.74, 6) is 1.28. The number of rotatable bonds is 8. The SMILES string of the molecule is CCCC(C)CCOc1cc(N=C2C=CC(=NC(C)C)C=C2)c(N)cc1N. The Morgan fingerprint density at radius 2 is 1.59 bits per heavy atom. The van der Waals surface area contributed by atoms with Crippen LogP contribution in [0.25, 0.3) is 0 Å². The van der Waals surface area contributed by atoms with E-state index in [9.17, 15) is 0 Å². The van der Waals surface area contributed by atoms with Gasteiger partial charge in [-0.2, -0.15) is 0 Å². The van der Waals surface area contributed by atoms with Gasteiger partial charge in [-0.25, -0.2) is 4.99 Å². The van der Waals surface area contributed by atoms with Gasteiger partial charge in [-0.1, -0.05) is 26.7 Å². The first-order valence-corrected chi connectivity index (χ1v) is 9.73. The maximum absolute atomic E-state index is 6.10. The lowest BCUT2D eigenvalue weighted by Crippen LogP contribution is -2.06. The molecule has 5 nitrogen and oxygen atoms in total. The zero-order chi connectivity index (χ0) is 19.8. The molecule has 0 aliphatic heterocycles. The summed E-state index contributed by atoms with van der Waals surface area (Å²) in [6, 6.07) is 3.80. The summed E-state index contributed by atoms with van der Waals surface area (Å²) in [7, 11) is 0. The Labute approximate surface area is 162 Å². The lowest BCUT2D eigenvalue weighted by Gasteiger charge is -2.14. The van der Waals surface area contributed by atoms with Crippen LogP contribution in [0, 0.1) is 5.92 Å². The van der Waals surface area contributed by atoms with Crippen LogP contribution in [-0.2, 0) is 0 Å². The van der Waals surface area contributed by atoms with Crippen molar-refractivity contribution in [3.05, 3.63) is 36.4 Å². The molecule has 27 heavy (non-hydrogen) atoms. The summed E-state index contributed by atoms with van der Waals surface area (Å²) in [5.41, 5.74) is 15.7. The molecule has 0 aromatic heterocycles. The van der Waals surface area contributed by atoms with Crippen LogP contribution in [0.1, 0.15) is 47.0 Å². The molecular weight excluding hydrogens is 336 g/mol. The van der Waals surface area contributed by atoms with E-state index in [4.69, 9.17) is 16.2 Å². The lowest BCUT2D eigenvalue weighted by molar-refractivity contribution is 0.280. The number of nitrogens with two attached hydrogens (primary N) is 2. The Morgan fingerprint density at radius 1 is 0.926 bits per heavy atom. The fourth-order valence-corrected chi connectivity index (χ4v) is 2.88. The highest BCUT2D eigenvalue weighted by Gasteiger charge is 2.09. The molecule has 2 rings (SSSR count).